The maximum absolute atomic E-state index is 4.54. The van der Waals surface area contributed by atoms with Crippen LogP contribution in [0.2, 0.25) is 0 Å². The predicted octanol–water partition coefficient (Wildman–Crippen LogP) is 3.68. The number of thioether (sulfide) groups is 1. The summed E-state index contributed by atoms with van der Waals surface area (Å²) in [6.45, 7) is 11.2. The summed E-state index contributed by atoms with van der Waals surface area (Å²) in [4.78, 5) is 14.2. The van der Waals surface area contributed by atoms with Crippen molar-refractivity contribution < 1.29 is 0 Å². The van der Waals surface area contributed by atoms with E-state index in [9.17, 15) is 0 Å². The number of benzene rings is 1. The maximum atomic E-state index is 4.54. The molecule has 134 valence electrons. The van der Waals surface area contributed by atoms with Gasteiger partial charge in [0.2, 0.25) is 0 Å². The summed E-state index contributed by atoms with van der Waals surface area (Å²) >= 11 is 1.69. The zero-order valence-electron chi connectivity index (χ0n) is 15.4. The Labute approximate surface area is 155 Å². The van der Waals surface area contributed by atoms with E-state index in [1.807, 2.05) is 18.5 Å². The van der Waals surface area contributed by atoms with Gasteiger partial charge in [-0.1, -0.05) is 42.1 Å². The van der Waals surface area contributed by atoms with Crippen LogP contribution < -0.4 is 0 Å². The number of hydrogen-bond acceptors (Lipinski definition) is 5. The molecule has 1 aromatic heterocycles. The molecule has 4 nitrogen and oxygen atoms in total. The minimum absolute atomic E-state index is 0.607. The van der Waals surface area contributed by atoms with Crippen molar-refractivity contribution in [3.8, 4) is 0 Å². The lowest BCUT2D eigenvalue weighted by molar-refractivity contribution is 0.0563. The Balaban J connectivity index is 1.49. The molecule has 0 radical (unpaired) electrons. The monoisotopic (exact) mass is 356 g/mol. The SMILES string of the molecule is CC(C)N1CCN(Cc2cnc(SCc3ccccc3)nc2)CC1C. The Morgan fingerprint density at radius 2 is 1.80 bits per heavy atom. The lowest BCUT2D eigenvalue weighted by Crippen LogP contribution is -2.53. The number of hydrogen-bond donors (Lipinski definition) is 0. The molecule has 1 aliphatic rings. The van der Waals surface area contributed by atoms with E-state index in [1.54, 1.807) is 11.8 Å². The van der Waals surface area contributed by atoms with Crippen molar-refractivity contribution in [1.82, 2.24) is 19.8 Å². The first-order valence-electron chi connectivity index (χ1n) is 9.07. The summed E-state index contributed by atoms with van der Waals surface area (Å²) in [5.74, 6) is 0.912. The fraction of sp³-hybridized carbons (Fsp3) is 0.500. The van der Waals surface area contributed by atoms with Crippen molar-refractivity contribution in [1.29, 1.82) is 0 Å². The van der Waals surface area contributed by atoms with Gasteiger partial charge in [0.1, 0.15) is 0 Å². The van der Waals surface area contributed by atoms with Gasteiger partial charge in [-0.3, -0.25) is 9.80 Å². The van der Waals surface area contributed by atoms with Gasteiger partial charge in [0, 0.05) is 62.0 Å². The first kappa shape index (κ1) is 18.4. The normalized spacial score (nSPS) is 19.4. The highest BCUT2D eigenvalue weighted by Crippen LogP contribution is 2.19. The lowest BCUT2D eigenvalue weighted by atomic mass is 10.1. The Morgan fingerprint density at radius 3 is 2.44 bits per heavy atom. The molecular formula is C20H28N4S. The highest BCUT2D eigenvalue weighted by atomic mass is 32.2. The van der Waals surface area contributed by atoms with Crippen LogP contribution in [0.25, 0.3) is 0 Å². The minimum Gasteiger partial charge on any atom is -0.296 e. The third-order valence-corrected chi connectivity index (χ3v) is 5.67. The van der Waals surface area contributed by atoms with E-state index in [1.165, 1.54) is 11.1 Å². The van der Waals surface area contributed by atoms with Gasteiger partial charge in [-0.25, -0.2) is 9.97 Å². The molecule has 3 rings (SSSR count). The third-order valence-electron chi connectivity index (χ3n) is 4.72. The summed E-state index contributed by atoms with van der Waals surface area (Å²) in [6, 6.07) is 11.7. The summed E-state index contributed by atoms with van der Waals surface area (Å²) in [6.07, 6.45) is 3.97. The summed E-state index contributed by atoms with van der Waals surface area (Å²) < 4.78 is 0. The summed E-state index contributed by atoms with van der Waals surface area (Å²) in [5.41, 5.74) is 2.51. The van der Waals surface area contributed by atoms with Gasteiger partial charge in [0.05, 0.1) is 0 Å². The molecule has 1 aliphatic heterocycles. The Hall–Kier alpha value is -1.43. The zero-order chi connectivity index (χ0) is 17.6. The van der Waals surface area contributed by atoms with E-state index in [0.717, 1.165) is 37.1 Å². The smallest absolute Gasteiger partial charge is 0.187 e. The van der Waals surface area contributed by atoms with Crippen LogP contribution >= 0.6 is 11.8 Å². The van der Waals surface area contributed by atoms with E-state index in [2.05, 4.69) is 64.8 Å². The molecule has 2 aromatic rings. The molecule has 1 fully saturated rings. The second-order valence-electron chi connectivity index (χ2n) is 7.06. The number of piperazine rings is 1. The fourth-order valence-corrected chi connectivity index (χ4v) is 4.18. The van der Waals surface area contributed by atoms with E-state index in [4.69, 9.17) is 0 Å². The van der Waals surface area contributed by atoms with E-state index in [-0.39, 0.29) is 0 Å². The van der Waals surface area contributed by atoms with Crippen molar-refractivity contribution in [2.24, 2.45) is 0 Å². The average Bonchev–Trinajstić information content (AvgIpc) is 2.62. The van der Waals surface area contributed by atoms with E-state index in [0.29, 0.717) is 12.1 Å². The van der Waals surface area contributed by atoms with Gasteiger partial charge < -0.3 is 0 Å². The number of nitrogens with zero attached hydrogens (tertiary/aromatic N) is 4. The van der Waals surface area contributed by atoms with Gasteiger partial charge in [-0.05, 0) is 26.3 Å². The maximum Gasteiger partial charge on any atom is 0.187 e. The summed E-state index contributed by atoms with van der Waals surface area (Å²) in [5, 5.41) is 0.852. The molecule has 2 heterocycles. The van der Waals surface area contributed by atoms with Crippen molar-refractivity contribution >= 4 is 11.8 Å². The Morgan fingerprint density at radius 1 is 1.08 bits per heavy atom. The molecule has 5 heteroatoms. The van der Waals surface area contributed by atoms with Crippen molar-refractivity contribution in [3.05, 3.63) is 53.9 Å². The van der Waals surface area contributed by atoms with Crippen LogP contribution in [0.1, 0.15) is 31.9 Å². The lowest BCUT2D eigenvalue weighted by Gasteiger charge is -2.42. The Kier molecular flexibility index (Phi) is 6.45. The van der Waals surface area contributed by atoms with E-state index >= 15 is 0 Å². The highest BCUT2D eigenvalue weighted by molar-refractivity contribution is 7.98. The quantitative estimate of drug-likeness (QED) is 0.582. The molecule has 0 bridgehead atoms. The van der Waals surface area contributed by atoms with Crippen molar-refractivity contribution in [2.75, 3.05) is 19.6 Å². The topological polar surface area (TPSA) is 32.3 Å². The fourth-order valence-electron chi connectivity index (χ4n) is 3.44. The molecule has 1 unspecified atom stereocenters. The van der Waals surface area contributed by atoms with Crippen LogP contribution in [-0.4, -0.2) is 51.5 Å². The van der Waals surface area contributed by atoms with Gasteiger partial charge in [-0.15, -0.1) is 0 Å². The first-order chi connectivity index (χ1) is 12.1. The van der Waals surface area contributed by atoms with Crippen LogP contribution in [0.3, 0.4) is 0 Å². The predicted molar refractivity (Wildman–Crippen MR) is 105 cm³/mol. The van der Waals surface area contributed by atoms with Crippen LogP contribution in [-0.2, 0) is 12.3 Å². The molecule has 0 amide bonds. The molecule has 1 saturated heterocycles. The van der Waals surface area contributed by atoms with Crippen LogP contribution in [0.5, 0.6) is 0 Å². The van der Waals surface area contributed by atoms with Crippen LogP contribution in [0, 0.1) is 0 Å². The Bertz CT molecular complexity index is 645. The number of rotatable bonds is 6. The standard InChI is InChI=1S/C20H28N4S/c1-16(2)24-10-9-23(13-17(24)3)14-19-11-21-20(22-12-19)25-15-18-7-5-4-6-8-18/h4-8,11-12,16-17H,9-10,13-15H2,1-3H3. The van der Waals surface area contributed by atoms with Gasteiger partial charge in [0.15, 0.2) is 5.16 Å². The molecule has 0 aliphatic carbocycles. The largest absolute Gasteiger partial charge is 0.296 e. The van der Waals surface area contributed by atoms with Gasteiger partial charge in [0.25, 0.3) is 0 Å². The highest BCUT2D eigenvalue weighted by Gasteiger charge is 2.25. The van der Waals surface area contributed by atoms with E-state index < -0.39 is 0 Å². The molecule has 1 atom stereocenters. The van der Waals surface area contributed by atoms with Gasteiger partial charge in [-0.2, -0.15) is 0 Å². The molecule has 25 heavy (non-hydrogen) atoms. The average molecular weight is 357 g/mol. The molecular weight excluding hydrogens is 328 g/mol. The minimum atomic E-state index is 0.607. The third kappa shape index (κ3) is 5.27. The van der Waals surface area contributed by atoms with Crippen molar-refractivity contribution in [2.45, 2.75) is 50.3 Å². The zero-order valence-corrected chi connectivity index (χ0v) is 16.2. The van der Waals surface area contributed by atoms with Crippen molar-refractivity contribution in [3.63, 3.8) is 0 Å². The van der Waals surface area contributed by atoms with Crippen LogP contribution in [0.4, 0.5) is 0 Å². The first-order valence-corrected chi connectivity index (χ1v) is 10.1. The second kappa shape index (κ2) is 8.79. The molecule has 0 N–H and O–H groups in total. The molecule has 0 saturated carbocycles. The number of aromatic nitrogens is 2. The molecule has 0 spiro atoms. The van der Waals surface area contributed by atoms with Gasteiger partial charge >= 0.3 is 0 Å². The second-order valence-corrected chi connectivity index (χ2v) is 8.01. The summed E-state index contributed by atoms with van der Waals surface area (Å²) in [7, 11) is 0. The molecule has 1 aromatic carbocycles. The van der Waals surface area contributed by atoms with Crippen LogP contribution in [0.15, 0.2) is 47.9 Å².